The van der Waals surface area contributed by atoms with Crippen LogP contribution in [0.15, 0.2) is 48.5 Å². The van der Waals surface area contributed by atoms with Crippen molar-refractivity contribution in [2.24, 2.45) is 0 Å². The molecular formula is C27H33N5O4. The lowest BCUT2D eigenvalue weighted by Gasteiger charge is -2.35. The maximum atomic E-state index is 13.0. The Bertz CT molecular complexity index is 1220. The van der Waals surface area contributed by atoms with Gasteiger partial charge in [0.05, 0.1) is 24.6 Å². The third kappa shape index (κ3) is 5.57. The number of nitrogens with one attached hydrogen (secondary N) is 1. The zero-order valence-corrected chi connectivity index (χ0v) is 21.1. The number of likely N-dealkylation sites (tertiary alicyclic amines) is 1. The van der Waals surface area contributed by atoms with E-state index >= 15 is 0 Å². The number of nitro groups is 1. The van der Waals surface area contributed by atoms with Crippen molar-refractivity contribution in [3.8, 4) is 5.75 Å². The lowest BCUT2D eigenvalue weighted by Crippen LogP contribution is -2.40. The van der Waals surface area contributed by atoms with E-state index in [0.717, 1.165) is 42.8 Å². The van der Waals surface area contributed by atoms with Crippen molar-refractivity contribution < 1.29 is 14.5 Å². The van der Waals surface area contributed by atoms with Gasteiger partial charge in [0.1, 0.15) is 17.1 Å². The molecule has 4 rings (SSSR count). The van der Waals surface area contributed by atoms with Crippen LogP contribution in [0, 0.1) is 24.0 Å². The molecule has 0 aliphatic carbocycles. The molecule has 1 fully saturated rings. The average Bonchev–Trinajstić information content (AvgIpc) is 3.17. The van der Waals surface area contributed by atoms with Gasteiger partial charge >= 0.3 is 5.69 Å². The predicted octanol–water partition coefficient (Wildman–Crippen LogP) is 4.42. The molecule has 0 saturated carbocycles. The first kappa shape index (κ1) is 25.4. The number of para-hydroxylation sites is 1. The van der Waals surface area contributed by atoms with E-state index in [0.29, 0.717) is 30.0 Å². The summed E-state index contributed by atoms with van der Waals surface area (Å²) in [7, 11) is 1.68. The Morgan fingerprint density at radius 1 is 1.11 bits per heavy atom. The molecule has 1 atom stereocenters. The van der Waals surface area contributed by atoms with Crippen LogP contribution in [0.25, 0.3) is 0 Å². The van der Waals surface area contributed by atoms with Gasteiger partial charge in [-0.1, -0.05) is 36.8 Å². The van der Waals surface area contributed by atoms with E-state index in [1.54, 1.807) is 37.8 Å². The largest absolute Gasteiger partial charge is 0.496 e. The Hall–Kier alpha value is -3.72. The van der Waals surface area contributed by atoms with E-state index in [4.69, 9.17) is 4.74 Å². The Kier molecular flexibility index (Phi) is 8.00. The van der Waals surface area contributed by atoms with Gasteiger partial charge in [0, 0.05) is 17.7 Å². The minimum Gasteiger partial charge on any atom is -0.496 e. The van der Waals surface area contributed by atoms with Crippen molar-refractivity contribution in [2.45, 2.75) is 45.7 Å². The highest BCUT2D eigenvalue weighted by molar-refractivity contribution is 5.94. The zero-order valence-electron chi connectivity index (χ0n) is 21.1. The fraction of sp³-hybridized carbons (Fsp3) is 0.407. The first-order valence-electron chi connectivity index (χ1n) is 12.3. The Labute approximate surface area is 211 Å². The van der Waals surface area contributed by atoms with Gasteiger partial charge in [-0.05, 0) is 63.5 Å². The highest BCUT2D eigenvalue weighted by Crippen LogP contribution is 2.31. The molecule has 1 amide bonds. The number of hydrogen-bond donors (Lipinski definition) is 1. The van der Waals surface area contributed by atoms with Gasteiger partial charge in [0.15, 0.2) is 0 Å². The minimum absolute atomic E-state index is 0.0338. The summed E-state index contributed by atoms with van der Waals surface area (Å²) in [5.41, 5.74) is 3.51. The number of aromatic nitrogens is 2. The number of rotatable bonds is 9. The number of benzene rings is 2. The number of piperidine rings is 1. The van der Waals surface area contributed by atoms with Crippen LogP contribution < -0.4 is 10.1 Å². The van der Waals surface area contributed by atoms with E-state index < -0.39 is 4.92 Å². The zero-order chi connectivity index (χ0) is 25.7. The second kappa shape index (κ2) is 11.3. The van der Waals surface area contributed by atoms with Gasteiger partial charge in [-0.2, -0.15) is 5.10 Å². The van der Waals surface area contributed by atoms with Crippen LogP contribution in [-0.4, -0.2) is 52.3 Å². The first-order valence-corrected chi connectivity index (χ1v) is 12.3. The van der Waals surface area contributed by atoms with Crippen LogP contribution in [0.3, 0.4) is 0 Å². The Morgan fingerprint density at radius 2 is 1.81 bits per heavy atom. The van der Waals surface area contributed by atoms with Crippen molar-refractivity contribution in [3.05, 3.63) is 86.7 Å². The number of hydrogen-bond acceptors (Lipinski definition) is 6. The summed E-state index contributed by atoms with van der Waals surface area (Å²) in [6.07, 6.45) is 3.54. The summed E-state index contributed by atoms with van der Waals surface area (Å²) < 4.78 is 7.24. The van der Waals surface area contributed by atoms with Gasteiger partial charge in [0.2, 0.25) is 0 Å². The van der Waals surface area contributed by atoms with Gasteiger partial charge in [-0.25, -0.2) is 0 Å². The molecule has 1 aliphatic rings. The van der Waals surface area contributed by atoms with Crippen molar-refractivity contribution in [1.29, 1.82) is 0 Å². The summed E-state index contributed by atoms with van der Waals surface area (Å²) in [6, 6.07) is 15.3. The highest BCUT2D eigenvalue weighted by Gasteiger charge is 2.26. The molecule has 1 unspecified atom stereocenters. The first-order chi connectivity index (χ1) is 17.4. The maximum absolute atomic E-state index is 13.0. The SMILES string of the molecule is COc1ccccc1C(CNC(=O)c1ccc(Cn2nc(C)c([N+](=O)[O-])c2C)cc1)N1CCCCC1. The summed E-state index contributed by atoms with van der Waals surface area (Å²) in [5, 5.41) is 18.7. The number of carbonyl (C=O) groups excluding carboxylic acids is 1. The second-order valence-electron chi connectivity index (χ2n) is 9.20. The van der Waals surface area contributed by atoms with Crippen LogP contribution in [0.4, 0.5) is 5.69 Å². The summed E-state index contributed by atoms with van der Waals surface area (Å²) in [5.74, 6) is 0.691. The van der Waals surface area contributed by atoms with Crippen LogP contribution in [0.1, 0.15) is 58.2 Å². The third-order valence-electron chi connectivity index (χ3n) is 6.86. The molecule has 0 bridgehead atoms. The minimum atomic E-state index is -0.399. The summed E-state index contributed by atoms with van der Waals surface area (Å²) in [4.78, 5) is 26.3. The van der Waals surface area contributed by atoms with Crippen LogP contribution >= 0.6 is 0 Å². The predicted molar refractivity (Wildman–Crippen MR) is 137 cm³/mol. The summed E-state index contributed by atoms with van der Waals surface area (Å²) in [6.45, 7) is 6.21. The van der Waals surface area contributed by atoms with Gasteiger partial charge in [-0.15, -0.1) is 0 Å². The monoisotopic (exact) mass is 491 g/mol. The molecule has 36 heavy (non-hydrogen) atoms. The van der Waals surface area contributed by atoms with E-state index in [2.05, 4.69) is 21.4 Å². The van der Waals surface area contributed by atoms with Crippen molar-refractivity contribution in [1.82, 2.24) is 20.0 Å². The number of aryl methyl sites for hydroxylation is 1. The normalized spacial score (nSPS) is 14.9. The molecule has 1 aromatic heterocycles. The molecule has 0 spiro atoms. The number of ether oxygens (including phenoxy) is 1. The molecule has 0 radical (unpaired) electrons. The second-order valence-corrected chi connectivity index (χ2v) is 9.20. The molecule has 1 aliphatic heterocycles. The molecule has 1 saturated heterocycles. The van der Waals surface area contributed by atoms with Crippen LogP contribution in [0.2, 0.25) is 0 Å². The van der Waals surface area contributed by atoms with Crippen molar-refractivity contribution >= 4 is 11.6 Å². The molecule has 1 N–H and O–H groups in total. The quantitative estimate of drug-likeness (QED) is 0.351. The van der Waals surface area contributed by atoms with Gasteiger partial charge in [0.25, 0.3) is 5.91 Å². The fourth-order valence-corrected chi connectivity index (χ4v) is 4.94. The Morgan fingerprint density at radius 3 is 2.44 bits per heavy atom. The van der Waals surface area contributed by atoms with Crippen molar-refractivity contribution in [2.75, 3.05) is 26.7 Å². The lowest BCUT2D eigenvalue weighted by atomic mass is 10.0. The standard InChI is InChI=1S/C27H33N5O4/c1-19-26(32(34)35)20(2)31(29-19)18-21-11-13-22(14-12-21)27(33)28-17-24(30-15-7-4-8-16-30)23-9-5-6-10-25(23)36-3/h5-6,9-14,24H,4,7-8,15-18H2,1-3H3,(H,28,33). The van der Waals surface area contributed by atoms with E-state index in [9.17, 15) is 14.9 Å². The summed E-state index contributed by atoms with van der Waals surface area (Å²) >= 11 is 0. The Balaban J connectivity index is 1.44. The molecule has 9 nitrogen and oxygen atoms in total. The third-order valence-corrected chi connectivity index (χ3v) is 6.86. The molecule has 2 aromatic carbocycles. The number of methoxy groups -OCH3 is 1. The topological polar surface area (TPSA) is 103 Å². The van der Waals surface area contributed by atoms with Crippen LogP contribution in [-0.2, 0) is 6.54 Å². The molecule has 2 heterocycles. The van der Waals surface area contributed by atoms with Crippen molar-refractivity contribution in [3.63, 3.8) is 0 Å². The number of carbonyl (C=O) groups is 1. The smallest absolute Gasteiger partial charge is 0.312 e. The molecule has 9 heteroatoms. The number of nitrogens with zero attached hydrogens (tertiary/aromatic N) is 4. The molecular weight excluding hydrogens is 458 g/mol. The maximum Gasteiger partial charge on any atom is 0.312 e. The lowest BCUT2D eigenvalue weighted by molar-refractivity contribution is -0.386. The van der Waals surface area contributed by atoms with Crippen LogP contribution in [0.5, 0.6) is 5.75 Å². The van der Waals surface area contributed by atoms with Gasteiger partial charge in [-0.3, -0.25) is 24.5 Å². The number of amides is 1. The highest BCUT2D eigenvalue weighted by atomic mass is 16.6. The van der Waals surface area contributed by atoms with Gasteiger partial charge < -0.3 is 10.1 Å². The fourth-order valence-electron chi connectivity index (χ4n) is 4.94. The van der Waals surface area contributed by atoms with E-state index in [-0.39, 0.29) is 17.6 Å². The van der Waals surface area contributed by atoms with E-state index in [1.807, 2.05) is 30.3 Å². The average molecular weight is 492 g/mol. The van der Waals surface area contributed by atoms with E-state index in [1.165, 1.54) is 6.42 Å². The molecule has 190 valence electrons. The molecule has 3 aromatic rings.